The molecule has 0 saturated carbocycles. The third-order valence-electron chi connectivity index (χ3n) is 14.6. The number of ether oxygens (including phenoxy) is 3. The number of carbonyl (C=O) groups excluding carboxylic acids is 3. The molecule has 0 amide bonds. The Kier molecular flexibility index (Phi) is 66.3. The summed E-state index contributed by atoms with van der Waals surface area (Å²) in [5, 5.41) is 0. The lowest BCUT2D eigenvalue weighted by Gasteiger charge is -2.18. The normalized spacial score (nSPS) is 13.0. The summed E-state index contributed by atoms with van der Waals surface area (Å²) in [5.74, 6) is -0.920. The molecule has 0 N–H and O–H groups in total. The van der Waals surface area contributed by atoms with Gasteiger partial charge in [0, 0.05) is 19.3 Å². The summed E-state index contributed by atoms with van der Waals surface area (Å²) < 4.78 is 17.0. The fourth-order valence-corrected chi connectivity index (χ4v) is 9.49. The first kappa shape index (κ1) is 78.5. The van der Waals surface area contributed by atoms with Crippen LogP contribution < -0.4 is 0 Å². The molecule has 0 saturated heterocycles. The first-order valence-electron chi connectivity index (χ1n) is 34.7. The Bertz CT molecular complexity index is 1750. The minimum Gasteiger partial charge on any atom is -0.462 e. The van der Waals surface area contributed by atoms with Crippen molar-refractivity contribution in [1.82, 2.24) is 0 Å². The van der Waals surface area contributed by atoms with Crippen molar-refractivity contribution in [3.8, 4) is 0 Å². The van der Waals surface area contributed by atoms with Crippen molar-refractivity contribution in [2.75, 3.05) is 13.2 Å². The van der Waals surface area contributed by atoms with E-state index >= 15 is 0 Å². The summed E-state index contributed by atoms with van der Waals surface area (Å²) in [6.07, 6.45) is 98.9. The van der Waals surface area contributed by atoms with Gasteiger partial charge in [0.05, 0.1) is 0 Å². The van der Waals surface area contributed by atoms with E-state index in [1.807, 2.05) is 0 Å². The maximum Gasteiger partial charge on any atom is 0.306 e. The quantitative estimate of drug-likeness (QED) is 0.0261. The van der Waals surface area contributed by atoms with Gasteiger partial charge in [0.1, 0.15) is 13.2 Å². The highest BCUT2D eigenvalue weighted by atomic mass is 16.6. The first-order valence-corrected chi connectivity index (χ1v) is 34.7. The lowest BCUT2D eigenvalue weighted by Crippen LogP contribution is -2.30. The van der Waals surface area contributed by atoms with Crippen molar-refractivity contribution in [2.45, 2.75) is 322 Å². The molecule has 1 atom stereocenters. The van der Waals surface area contributed by atoms with Gasteiger partial charge in [0.15, 0.2) is 6.10 Å². The van der Waals surface area contributed by atoms with Gasteiger partial charge in [0.2, 0.25) is 0 Å². The lowest BCUT2D eigenvalue weighted by atomic mass is 10.1. The number of carbonyl (C=O) groups is 3. The molecule has 0 bridgehead atoms. The van der Waals surface area contributed by atoms with Gasteiger partial charge in [-0.2, -0.15) is 0 Å². The second-order valence-electron chi connectivity index (χ2n) is 22.7. The molecule has 6 nitrogen and oxygen atoms in total. The highest BCUT2D eigenvalue weighted by Crippen LogP contribution is 2.16. The van der Waals surface area contributed by atoms with Crippen LogP contribution in [0, 0.1) is 0 Å². The molecule has 0 spiro atoms. The maximum absolute atomic E-state index is 13.0. The number of allylic oxidation sites excluding steroid dienone is 22. The number of hydrogen-bond acceptors (Lipinski definition) is 6. The van der Waals surface area contributed by atoms with E-state index in [0.717, 1.165) is 141 Å². The summed E-state index contributed by atoms with van der Waals surface area (Å²) in [4.78, 5) is 38.5. The smallest absolute Gasteiger partial charge is 0.306 e. The van der Waals surface area contributed by atoms with E-state index in [1.165, 1.54) is 135 Å². The average molecular weight is 1150 g/mol. The molecule has 6 heteroatoms. The number of esters is 3. The fourth-order valence-electron chi connectivity index (χ4n) is 9.49. The number of unbranched alkanes of at least 4 members (excludes halogenated alkanes) is 29. The van der Waals surface area contributed by atoms with Crippen molar-refractivity contribution in [1.29, 1.82) is 0 Å². The zero-order valence-corrected chi connectivity index (χ0v) is 54.2. The van der Waals surface area contributed by atoms with Crippen LogP contribution in [0.1, 0.15) is 316 Å². The standard InChI is InChI=1S/C77H128O6/c1-4-7-10-13-16-19-22-25-28-31-33-35-36-37-38-39-40-42-43-46-49-52-55-58-61-64-67-70-76(79)82-73-74(72-81-75(78)69-66-63-60-57-54-51-48-45-30-27-24-21-18-15-12-9-6-3)83-77(80)71-68-65-62-59-56-53-50-47-44-41-34-32-29-26-23-20-17-14-11-8-5-2/h7,9-10,12,16,18-19,21,25,27-28,30,32-35,37-38,40,42,48,51,74H,4-6,8,11,13-15,17,20,22-24,26,29,31,36,39,41,43-47,49-50,52-73H2,1-3H3/b10-7-,12-9-,19-16-,21-18-,28-25-,30-27-,34-32-,35-33-,38-37-,42-40-,51-48-. The SMILES string of the molecule is CC/C=C\C/C=C\C/C=C\C/C=C\C/C=C\C/C=C\CCCCCCCCCCC(=O)OCC(COC(=O)CCCCCC/C=C\C/C=C\C/C=C\C/C=C\CC)OC(=O)CCCCCCCCCCC/C=C\CCCCCCCCCC. The molecule has 0 rings (SSSR count). The van der Waals surface area contributed by atoms with E-state index in [-0.39, 0.29) is 31.1 Å². The Morgan fingerprint density at radius 1 is 0.253 bits per heavy atom. The van der Waals surface area contributed by atoms with Crippen LogP contribution in [0.2, 0.25) is 0 Å². The molecular formula is C77H128O6. The summed E-state index contributed by atoms with van der Waals surface area (Å²) in [6.45, 7) is 6.41. The molecule has 0 aliphatic carbocycles. The van der Waals surface area contributed by atoms with E-state index in [2.05, 4.69) is 154 Å². The van der Waals surface area contributed by atoms with Crippen LogP contribution in [0.15, 0.2) is 134 Å². The molecule has 0 aromatic rings. The molecule has 83 heavy (non-hydrogen) atoms. The van der Waals surface area contributed by atoms with Gasteiger partial charge in [-0.05, 0) is 135 Å². The van der Waals surface area contributed by atoms with Gasteiger partial charge in [-0.15, -0.1) is 0 Å². The van der Waals surface area contributed by atoms with Crippen LogP contribution in [0.3, 0.4) is 0 Å². The van der Waals surface area contributed by atoms with Crippen LogP contribution in [-0.2, 0) is 28.6 Å². The first-order chi connectivity index (χ1) is 41.0. The Labute approximate surface area is 513 Å². The van der Waals surface area contributed by atoms with Crippen LogP contribution in [0.4, 0.5) is 0 Å². The molecule has 0 radical (unpaired) electrons. The average Bonchev–Trinajstić information content (AvgIpc) is 3.49. The molecule has 0 aliphatic rings. The topological polar surface area (TPSA) is 78.9 Å². The number of rotatable bonds is 62. The van der Waals surface area contributed by atoms with Crippen molar-refractivity contribution in [2.24, 2.45) is 0 Å². The molecular weight excluding hydrogens is 1020 g/mol. The summed E-state index contributed by atoms with van der Waals surface area (Å²) in [5.41, 5.74) is 0. The molecule has 0 aliphatic heterocycles. The van der Waals surface area contributed by atoms with Gasteiger partial charge >= 0.3 is 17.9 Å². The van der Waals surface area contributed by atoms with Crippen molar-refractivity contribution >= 4 is 17.9 Å². The molecule has 0 aromatic carbocycles. The monoisotopic (exact) mass is 1150 g/mol. The van der Waals surface area contributed by atoms with Crippen molar-refractivity contribution in [3.05, 3.63) is 134 Å². The third kappa shape index (κ3) is 68.2. The Morgan fingerprint density at radius 2 is 0.470 bits per heavy atom. The second-order valence-corrected chi connectivity index (χ2v) is 22.7. The van der Waals surface area contributed by atoms with Crippen molar-refractivity contribution < 1.29 is 28.6 Å². The largest absolute Gasteiger partial charge is 0.462 e. The van der Waals surface area contributed by atoms with Gasteiger partial charge in [-0.25, -0.2) is 0 Å². The Hall–Kier alpha value is -4.45. The minimum absolute atomic E-state index is 0.0939. The van der Waals surface area contributed by atoms with Gasteiger partial charge < -0.3 is 14.2 Å². The summed E-state index contributed by atoms with van der Waals surface area (Å²) in [6, 6.07) is 0. The van der Waals surface area contributed by atoms with E-state index in [9.17, 15) is 14.4 Å². The maximum atomic E-state index is 13.0. The third-order valence-corrected chi connectivity index (χ3v) is 14.6. The Morgan fingerprint density at radius 3 is 0.747 bits per heavy atom. The van der Waals surface area contributed by atoms with Crippen LogP contribution >= 0.6 is 0 Å². The van der Waals surface area contributed by atoms with Crippen LogP contribution in [0.5, 0.6) is 0 Å². The molecule has 0 heterocycles. The van der Waals surface area contributed by atoms with Gasteiger partial charge in [-0.3, -0.25) is 14.4 Å². The van der Waals surface area contributed by atoms with E-state index < -0.39 is 6.10 Å². The zero-order valence-electron chi connectivity index (χ0n) is 54.2. The predicted molar refractivity (Wildman–Crippen MR) is 362 cm³/mol. The zero-order chi connectivity index (χ0) is 59.9. The van der Waals surface area contributed by atoms with E-state index in [0.29, 0.717) is 19.3 Å². The van der Waals surface area contributed by atoms with Gasteiger partial charge in [0.25, 0.3) is 0 Å². The molecule has 472 valence electrons. The van der Waals surface area contributed by atoms with Crippen LogP contribution in [0.25, 0.3) is 0 Å². The fraction of sp³-hybridized carbons (Fsp3) is 0.675. The number of hydrogen-bond donors (Lipinski definition) is 0. The van der Waals surface area contributed by atoms with Crippen molar-refractivity contribution in [3.63, 3.8) is 0 Å². The predicted octanol–water partition coefficient (Wildman–Crippen LogP) is 24.1. The summed E-state index contributed by atoms with van der Waals surface area (Å²) >= 11 is 0. The molecule has 0 aromatic heterocycles. The van der Waals surface area contributed by atoms with E-state index in [4.69, 9.17) is 14.2 Å². The second kappa shape index (κ2) is 70.0. The minimum atomic E-state index is -0.800. The molecule has 1 unspecified atom stereocenters. The highest BCUT2D eigenvalue weighted by Gasteiger charge is 2.19. The Balaban J connectivity index is 4.42. The van der Waals surface area contributed by atoms with E-state index in [1.54, 1.807) is 0 Å². The molecule has 0 fully saturated rings. The highest BCUT2D eigenvalue weighted by molar-refractivity contribution is 5.71. The van der Waals surface area contributed by atoms with Gasteiger partial charge in [-0.1, -0.05) is 296 Å². The lowest BCUT2D eigenvalue weighted by molar-refractivity contribution is -0.167. The van der Waals surface area contributed by atoms with Crippen LogP contribution in [-0.4, -0.2) is 37.2 Å². The summed E-state index contributed by atoms with van der Waals surface area (Å²) in [7, 11) is 0.